The first kappa shape index (κ1) is 11.2. The molecule has 1 unspecified atom stereocenters. The molecule has 1 heterocycles. The Morgan fingerprint density at radius 3 is 2.50 bits per heavy atom. The van der Waals surface area contributed by atoms with Crippen LogP contribution in [0, 0.1) is 0 Å². The topological polar surface area (TPSA) is 25.2 Å². The summed E-state index contributed by atoms with van der Waals surface area (Å²) < 4.78 is 1.93. The van der Waals surface area contributed by atoms with Crippen molar-refractivity contribution in [3.8, 4) is 0 Å². The van der Waals surface area contributed by atoms with Crippen LogP contribution in [-0.2, 0) is 13.5 Å². The zero-order valence-corrected chi connectivity index (χ0v) is 9.85. The van der Waals surface area contributed by atoms with E-state index in [0.29, 0.717) is 6.42 Å². The highest BCUT2D eigenvalue weighted by Crippen LogP contribution is 2.19. The van der Waals surface area contributed by atoms with Crippen LogP contribution in [0.1, 0.15) is 17.4 Å². The molecule has 2 nitrogen and oxygen atoms in total. The minimum absolute atomic E-state index is 0.471. The van der Waals surface area contributed by atoms with Crippen molar-refractivity contribution in [2.45, 2.75) is 12.5 Å². The van der Waals surface area contributed by atoms with Crippen molar-refractivity contribution >= 4 is 11.6 Å². The van der Waals surface area contributed by atoms with Crippen LogP contribution in [0.25, 0.3) is 0 Å². The summed E-state index contributed by atoms with van der Waals surface area (Å²) in [6.45, 7) is 0. The van der Waals surface area contributed by atoms with Crippen LogP contribution in [0.4, 0.5) is 0 Å². The molecular formula is C13H14ClNO. The lowest BCUT2D eigenvalue weighted by molar-refractivity contribution is 0.170. The van der Waals surface area contributed by atoms with E-state index in [0.717, 1.165) is 16.3 Å². The number of nitrogens with zero attached hydrogens (tertiary/aromatic N) is 1. The number of aromatic nitrogens is 1. The molecule has 2 rings (SSSR count). The fourth-order valence-electron chi connectivity index (χ4n) is 1.77. The van der Waals surface area contributed by atoms with E-state index in [9.17, 15) is 5.11 Å². The molecule has 0 radical (unpaired) electrons. The van der Waals surface area contributed by atoms with Gasteiger partial charge < -0.3 is 9.67 Å². The lowest BCUT2D eigenvalue weighted by Crippen LogP contribution is -2.06. The van der Waals surface area contributed by atoms with Gasteiger partial charge in [-0.05, 0) is 29.8 Å². The van der Waals surface area contributed by atoms with E-state index in [1.807, 2.05) is 54.2 Å². The Bertz CT molecular complexity index is 461. The normalized spacial score (nSPS) is 12.7. The predicted octanol–water partition coefficient (Wildman–Crippen LogP) is 2.95. The molecular weight excluding hydrogens is 222 g/mol. The first-order valence-corrected chi connectivity index (χ1v) is 5.58. The second-order valence-corrected chi connectivity index (χ2v) is 4.33. The number of halogens is 1. The quantitative estimate of drug-likeness (QED) is 0.870. The van der Waals surface area contributed by atoms with Crippen molar-refractivity contribution in [1.82, 2.24) is 4.57 Å². The van der Waals surface area contributed by atoms with Crippen molar-refractivity contribution in [1.29, 1.82) is 0 Å². The summed E-state index contributed by atoms with van der Waals surface area (Å²) in [5.74, 6) is 0. The number of aliphatic hydroxyl groups excluding tert-OH is 1. The Kier molecular flexibility index (Phi) is 3.32. The standard InChI is InChI=1S/C13H14ClNO/c1-15-8-2-3-12(15)13(16)9-10-4-6-11(14)7-5-10/h2-8,13,16H,9H2,1H3. The van der Waals surface area contributed by atoms with E-state index in [1.54, 1.807) is 0 Å². The van der Waals surface area contributed by atoms with E-state index in [1.165, 1.54) is 0 Å². The number of aryl methyl sites for hydroxylation is 1. The lowest BCUT2D eigenvalue weighted by atomic mass is 10.1. The molecule has 0 saturated carbocycles. The van der Waals surface area contributed by atoms with Crippen molar-refractivity contribution in [2.24, 2.45) is 7.05 Å². The summed E-state index contributed by atoms with van der Waals surface area (Å²) in [5.41, 5.74) is 2.01. The number of hydrogen-bond donors (Lipinski definition) is 1. The van der Waals surface area contributed by atoms with Gasteiger partial charge in [0.05, 0.1) is 6.10 Å². The van der Waals surface area contributed by atoms with Crippen molar-refractivity contribution in [3.63, 3.8) is 0 Å². The third-order valence-corrected chi connectivity index (χ3v) is 2.92. The molecule has 0 spiro atoms. The highest BCUT2D eigenvalue weighted by molar-refractivity contribution is 6.30. The summed E-state index contributed by atoms with van der Waals surface area (Å²) in [6.07, 6.45) is 2.07. The van der Waals surface area contributed by atoms with Gasteiger partial charge in [0, 0.05) is 30.4 Å². The molecule has 1 aromatic carbocycles. The summed E-state index contributed by atoms with van der Waals surface area (Å²) in [7, 11) is 1.93. The Labute approximate surface area is 100 Å². The fourth-order valence-corrected chi connectivity index (χ4v) is 1.89. The Balaban J connectivity index is 2.10. The minimum atomic E-state index is -0.471. The summed E-state index contributed by atoms with van der Waals surface area (Å²) in [4.78, 5) is 0. The fraction of sp³-hybridized carbons (Fsp3) is 0.231. The van der Waals surface area contributed by atoms with Crippen LogP contribution < -0.4 is 0 Å². The molecule has 0 aliphatic heterocycles. The molecule has 0 saturated heterocycles. The van der Waals surface area contributed by atoms with E-state index in [4.69, 9.17) is 11.6 Å². The van der Waals surface area contributed by atoms with Gasteiger partial charge in [-0.1, -0.05) is 23.7 Å². The summed E-state index contributed by atoms with van der Waals surface area (Å²) >= 11 is 5.81. The van der Waals surface area contributed by atoms with Gasteiger partial charge in [0.2, 0.25) is 0 Å². The van der Waals surface area contributed by atoms with Crippen molar-refractivity contribution in [3.05, 3.63) is 58.9 Å². The van der Waals surface area contributed by atoms with Gasteiger partial charge in [-0.3, -0.25) is 0 Å². The molecule has 16 heavy (non-hydrogen) atoms. The van der Waals surface area contributed by atoms with Crippen LogP contribution in [0.15, 0.2) is 42.6 Å². The molecule has 1 aromatic heterocycles. The van der Waals surface area contributed by atoms with Crippen LogP contribution >= 0.6 is 11.6 Å². The maximum atomic E-state index is 10.1. The van der Waals surface area contributed by atoms with Crippen LogP contribution in [0.2, 0.25) is 5.02 Å². The van der Waals surface area contributed by atoms with E-state index in [2.05, 4.69) is 0 Å². The lowest BCUT2D eigenvalue weighted by Gasteiger charge is -2.12. The molecule has 1 atom stereocenters. The van der Waals surface area contributed by atoms with Crippen molar-refractivity contribution in [2.75, 3.05) is 0 Å². The van der Waals surface area contributed by atoms with E-state index >= 15 is 0 Å². The van der Waals surface area contributed by atoms with Gasteiger partial charge in [-0.25, -0.2) is 0 Å². The Morgan fingerprint density at radius 1 is 1.25 bits per heavy atom. The average Bonchev–Trinajstić information content (AvgIpc) is 2.68. The van der Waals surface area contributed by atoms with Crippen LogP contribution in [0.5, 0.6) is 0 Å². The van der Waals surface area contributed by atoms with Gasteiger partial charge in [0.25, 0.3) is 0 Å². The average molecular weight is 236 g/mol. The number of hydrogen-bond acceptors (Lipinski definition) is 1. The smallest absolute Gasteiger partial charge is 0.0979 e. The number of benzene rings is 1. The van der Waals surface area contributed by atoms with Crippen LogP contribution in [-0.4, -0.2) is 9.67 Å². The van der Waals surface area contributed by atoms with Gasteiger partial charge in [-0.2, -0.15) is 0 Å². The van der Waals surface area contributed by atoms with Gasteiger partial charge in [0.15, 0.2) is 0 Å². The first-order valence-electron chi connectivity index (χ1n) is 5.20. The number of aliphatic hydroxyl groups is 1. The zero-order valence-electron chi connectivity index (χ0n) is 9.10. The third-order valence-electron chi connectivity index (χ3n) is 2.67. The largest absolute Gasteiger partial charge is 0.387 e. The molecule has 3 heteroatoms. The molecule has 1 N–H and O–H groups in total. The van der Waals surface area contributed by atoms with E-state index < -0.39 is 6.10 Å². The molecule has 0 bridgehead atoms. The third kappa shape index (κ3) is 2.46. The molecule has 0 aliphatic carbocycles. The highest BCUT2D eigenvalue weighted by Gasteiger charge is 2.10. The van der Waals surface area contributed by atoms with Crippen LogP contribution in [0.3, 0.4) is 0 Å². The molecule has 0 amide bonds. The monoisotopic (exact) mass is 235 g/mol. The maximum Gasteiger partial charge on any atom is 0.0979 e. The number of rotatable bonds is 3. The SMILES string of the molecule is Cn1cccc1C(O)Cc1ccc(Cl)cc1. The highest BCUT2D eigenvalue weighted by atomic mass is 35.5. The minimum Gasteiger partial charge on any atom is -0.387 e. The molecule has 84 valence electrons. The Morgan fingerprint density at radius 2 is 1.94 bits per heavy atom. The molecule has 2 aromatic rings. The van der Waals surface area contributed by atoms with Gasteiger partial charge >= 0.3 is 0 Å². The Hall–Kier alpha value is -1.25. The van der Waals surface area contributed by atoms with Crippen molar-refractivity contribution < 1.29 is 5.11 Å². The summed E-state index contributed by atoms with van der Waals surface area (Å²) in [6, 6.07) is 11.4. The second kappa shape index (κ2) is 4.73. The zero-order chi connectivity index (χ0) is 11.5. The van der Waals surface area contributed by atoms with Gasteiger partial charge in [-0.15, -0.1) is 0 Å². The maximum absolute atomic E-state index is 10.1. The van der Waals surface area contributed by atoms with E-state index in [-0.39, 0.29) is 0 Å². The summed E-state index contributed by atoms with van der Waals surface area (Å²) in [5, 5.41) is 10.8. The molecule has 0 aliphatic rings. The van der Waals surface area contributed by atoms with Gasteiger partial charge in [0.1, 0.15) is 0 Å². The predicted molar refractivity (Wildman–Crippen MR) is 65.5 cm³/mol. The molecule has 0 fully saturated rings. The first-order chi connectivity index (χ1) is 7.66. The second-order valence-electron chi connectivity index (χ2n) is 3.89.